The van der Waals surface area contributed by atoms with E-state index in [0.717, 1.165) is 11.4 Å². The molecule has 1 aromatic rings. The molecule has 0 fully saturated rings. The number of anilines is 2. The molecular weight excluding hydrogens is 316 g/mol. The van der Waals surface area contributed by atoms with E-state index in [2.05, 4.69) is 5.32 Å². The van der Waals surface area contributed by atoms with Gasteiger partial charge in [-0.15, -0.1) is 24.8 Å². The first kappa shape index (κ1) is 20.0. The molecule has 0 saturated heterocycles. The maximum Gasteiger partial charge on any atom is 0.231 e. The average molecular weight is 338 g/mol. The molecule has 1 aromatic carbocycles. The molecule has 1 amide bonds. The van der Waals surface area contributed by atoms with Crippen molar-refractivity contribution >= 4 is 42.1 Å². The Hall–Kier alpha value is -1.04. The van der Waals surface area contributed by atoms with E-state index < -0.39 is 0 Å². The number of fused-ring (bicyclic) bond motifs is 1. The smallest absolute Gasteiger partial charge is 0.231 e. The Morgan fingerprint density at radius 1 is 1.33 bits per heavy atom. The van der Waals surface area contributed by atoms with Crippen LogP contribution in [0.15, 0.2) is 18.2 Å². The predicted octanol–water partition coefficient (Wildman–Crippen LogP) is 2.31. The van der Waals surface area contributed by atoms with Gasteiger partial charge in [0.2, 0.25) is 5.91 Å². The highest BCUT2D eigenvalue weighted by molar-refractivity contribution is 5.99. The second kappa shape index (κ2) is 8.41. The van der Waals surface area contributed by atoms with E-state index in [0.29, 0.717) is 19.6 Å². The summed E-state index contributed by atoms with van der Waals surface area (Å²) >= 11 is 0. The minimum atomic E-state index is -0.275. The monoisotopic (exact) mass is 337 g/mol. The highest BCUT2D eigenvalue weighted by Gasteiger charge is 2.28. The number of halogens is 3. The van der Waals surface area contributed by atoms with Crippen LogP contribution in [0.25, 0.3) is 0 Å². The van der Waals surface area contributed by atoms with E-state index >= 15 is 0 Å². The fourth-order valence-electron chi connectivity index (χ4n) is 2.41. The number of benzene rings is 1. The van der Waals surface area contributed by atoms with Crippen LogP contribution in [-0.2, 0) is 4.79 Å². The van der Waals surface area contributed by atoms with Gasteiger partial charge in [-0.05, 0) is 25.2 Å². The molecule has 0 aliphatic carbocycles. The fraction of sp³-hybridized carbons (Fsp3) is 0.500. The van der Waals surface area contributed by atoms with Gasteiger partial charge in [0, 0.05) is 32.6 Å². The van der Waals surface area contributed by atoms with Crippen molar-refractivity contribution in [2.75, 3.05) is 43.5 Å². The molecule has 21 heavy (non-hydrogen) atoms. The number of likely N-dealkylation sites (N-methyl/N-ethyl adjacent to an activating group) is 1. The molecule has 1 aliphatic heterocycles. The van der Waals surface area contributed by atoms with E-state index in [1.165, 1.54) is 12.1 Å². The van der Waals surface area contributed by atoms with E-state index in [1.807, 2.05) is 25.9 Å². The molecule has 0 bridgehead atoms. The summed E-state index contributed by atoms with van der Waals surface area (Å²) in [7, 11) is 3.74. The number of amides is 1. The molecule has 2 rings (SSSR count). The maximum absolute atomic E-state index is 13.3. The van der Waals surface area contributed by atoms with Crippen molar-refractivity contribution in [1.82, 2.24) is 5.32 Å². The highest BCUT2D eigenvalue weighted by Crippen LogP contribution is 2.33. The first-order valence-corrected chi connectivity index (χ1v) is 6.51. The Labute approximate surface area is 137 Å². The first-order chi connectivity index (χ1) is 9.04. The molecule has 0 spiro atoms. The van der Waals surface area contributed by atoms with Gasteiger partial charge in [0.15, 0.2) is 0 Å². The molecule has 120 valence electrons. The van der Waals surface area contributed by atoms with Crippen LogP contribution in [0.3, 0.4) is 0 Å². The Kier molecular flexibility index (Phi) is 8.00. The molecule has 0 radical (unpaired) electrons. The van der Waals surface area contributed by atoms with Gasteiger partial charge in [-0.2, -0.15) is 0 Å². The molecule has 1 aliphatic rings. The van der Waals surface area contributed by atoms with Crippen LogP contribution in [0.1, 0.15) is 6.92 Å². The Balaban J connectivity index is 0.00000200. The summed E-state index contributed by atoms with van der Waals surface area (Å²) in [6, 6.07) is 4.57. The molecule has 0 saturated carbocycles. The van der Waals surface area contributed by atoms with Crippen LogP contribution in [-0.4, -0.2) is 39.6 Å². The summed E-state index contributed by atoms with van der Waals surface area (Å²) < 4.78 is 13.3. The van der Waals surface area contributed by atoms with Crippen LogP contribution < -0.4 is 15.1 Å². The summed E-state index contributed by atoms with van der Waals surface area (Å²) in [6.45, 7) is 3.90. The number of rotatable bonds is 3. The van der Waals surface area contributed by atoms with Crippen molar-refractivity contribution < 1.29 is 9.18 Å². The number of hydrogen-bond acceptors (Lipinski definition) is 3. The van der Waals surface area contributed by atoms with Gasteiger partial charge >= 0.3 is 0 Å². The van der Waals surface area contributed by atoms with Crippen molar-refractivity contribution in [2.24, 2.45) is 5.92 Å². The SMILES string of the molecule is CNCC(C)C(=O)N1CCN(C)c2cc(F)ccc21.Cl.Cl. The van der Waals surface area contributed by atoms with E-state index in [-0.39, 0.29) is 42.5 Å². The molecule has 1 heterocycles. The van der Waals surface area contributed by atoms with Crippen molar-refractivity contribution in [2.45, 2.75) is 6.92 Å². The Morgan fingerprint density at radius 3 is 2.62 bits per heavy atom. The lowest BCUT2D eigenvalue weighted by molar-refractivity contribution is -0.121. The second-order valence-corrected chi connectivity index (χ2v) is 5.00. The van der Waals surface area contributed by atoms with Gasteiger partial charge in [-0.3, -0.25) is 4.79 Å². The van der Waals surface area contributed by atoms with E-state index in [1.54, 1.807) is 11.0 Å². The topological polar surface area (TPSA) is 35.6 Å². The van der Waals surface area contributed by atoms with Crippen molar-refractivity contribution in [3.05, 3.63) is 24.0 Å². The molecule has 7 heteroatoms. The Bertz CT molecular complexity index is 487. The standard InChI is InChI=1S/C14H20FN3O.2ClH/c1-10(9-16-2)14(19)18-7-6-17(3)13-8-11(15)4-5-12(13)18;;/h4-5,8,10,16H,6-7,9H2,1-3H3;2*1H. The summed E-state index contributed by atoms with van der Waals surface area (Å²) in [4.78, 5) is 16.2. The number of hydrogen-bond donors (Lipinski definition) is 1. The van der Waals surface area contributed by atoms with Crippen LogP contribution in [0.2, 0.25) is 0 Å². The number of nitrogens with one attached hydrogen (secondary N) is 1. The van der Waals surface area contributed by atoms with Gasteiger partial charge in [-0.1, -0.05) is 6.92 Å². The van der Waals surface area contributed by atoms with Crippen molar-refractivity contribution in [3.63, 3.8) is 0 Å². The third-order valence-corrected chi connectivity index (χ3v) is 3.50. The van der Waals surface area contributed by atoms with Gasteiger partial charge in [-0.25, -0.2) is 4.39 Å². The Morgan fingerprint density at radius 2 is 2.00 bits per heavy atom. The van der Waals surface area contributed by atoms with Crippen LogP contribution in [0.4, 0.5) is 15.8 Å². The average Bonchev–Trinajstić information content (AvgIpc) is 2.39. The number of carbonyl (C=O) groups is 1. The second-order valence-electron chi connectivity index (χ2n) is 5.00. The van der Waals surface area contributed by atoms with Crippen LogP contribution in [0.5, 0.6) is 0 Å². The van der Waals surface area contributed by atoms with Gasteiger partial charge in [0.05, 0.1) is 11.4 Å². The zero-order chi connectivity index (χ0) is 14.0. The normalized spacial score (nSPS) is 14.7. The molecule has 1 atom stereocenters. The largest absolute Gasteiger partial charge is 0.371 e. The third-order valence-electron chi connectivity index (χ3n) is 3.50. The predicted molar refractivity (Wildman–Crippen MR) is 89.6 cm³/mol. The zero-order valence-corrected chi connectivity index (χ0v) is 14.1. The quantitative estimate of drug-likeness (QED) is 0.919. The van der Waals surface area contributed by atoms with Crippen LogP contribution >= 0.6 is 24.8 Å². The summed E-state index contributed by atoms with van der Waals surface area (Å²) in [5, 5.41) is 3.01. The van der Waals surface area contributed by atoms with Crippen LogP contribution in [0, 0.1) is 11.7 Å². The molecule has 1 N–H and O–H groups in total. The lowest BCUT2D eigenvalue weighted by atomic mass is 10.1. The highest BCUT2D eigenvalue weighted by atomic mass is 35.5. The molecular formula is C14H22Cl2FN3O. The summed E-state index contributed by atoms with van der Waals surface area (Å²) in [5.74, 6) is -0.287. The maximum atomic E-state index is 13.3. The van der Waals surface area contributed by atoms with Crippen molar-refractivity contribution in [3.8, 4) is 0 Å². The molecule has 4 nitrogen and oxygen atoms in total. The van der Waals surface area contributed by atoms with E-state index in [9.17, 15) is 9.18 Å². The van der Waals surface area contributed by atoms with Gasteiger partial charge in [0.1, 0.15) is 5.82 Å². The van der Waals surface area contributed by atoms with Gasteiger partial charge in [0.25, 0.3) is 0 Å². The third kappa shape index (κ3) is 4.22. The molecule has 1 unspecified atom stereocenters. The van der Waals surface area contributed by atoms with Crippen molar-refractivity contribution in [1.29, 1.82) is 0 Å². The minimum Gasteiger partial charge on any atom is -0.371 e. The summed E-state index contributed by atoms with van der Waals surface area (Å²) in [5.41, 5.74) is 1.57. The van der Waals surface area contributed by atoms with Gasteiger partial charge < -0.3 is 15.1 Å². The lowest BCUT2D eigenvalue weighted by Crippen LogP contribution is -2.46. The first-order valence-electron chi connectivity index (χ1n) is 6.51. The zero-order valence-electron chi connectivity index (χ0n) is 12.4. The fourth-order valence-corrected chi connectivity index (χ4v) is 2.41. The minimum absolute atomic E-state index is 0. The lowest BCUT2D eigenvalue weighted by Gasteiger charge is -2.36. The van der Waals surface area contributed by atoms with E-state index in [4.69, 9.17) is 0 Å². The number of carbonyl (C=O) groups excluding carboxylic acids is 1. The summed E-state index contributed by atoms with van der Waals surface area (Å²) in [6.07, 6.45) is 0. The number of nitrogens with zero attached hydrogens (tertiary/aromatic N) is 2. The molecule has 0 aromatic heterocycles.